The van der Waals surface area contributed by atoms with Crippen LogP contribution in [-0.4, -0.2) is 75.3 Å². The Hall–Kier alpha value is -6.25. The Labute approximate surface area is 340 Å². The van der Waals surface area contributed by atoms with E-state index < -0.39 is 26.8 Å². The summed E-state index contributed by atoms with van der Waals surface area (Å²) in [6.45, 7) is 2.22. The van der Waals surface area contributed by atoms with Crippen LogP contribution in [0, 0.1) is 20.2 Å². The number of non-ortho nitro benzene ring substituents is 2. The van der Waals surface area contributed by atoms with E-state index in [0.717, 1.165) is 16.7 Å². The molecule has 298 valence electrons. The van der Waals surface area contributed by atoms with Gasteiger partial charge in [0.1, 0.15) is 13.2 Å². The average Bonchev–Trinajstić information content (AvgIpc) is 3.88. The van der Waals surface area contributed by atoms with Crippen LogP contribution in [0.2, 0.25) is 0 Å². The fourth-order valence-corrected chi connectivity index (χ4v) is 9.63. The number of carbonyl (C=O) groups excluding carboxylic acids is 2. The standard InChI is InChI=1S/C44H43N5O8S/c50-42(56-30-32-16-20-38(21-17-32)48(52)53)45-37-24-25-46(27-37)28-40-26-41(29-47(40)43(51)57-31-33-18-22-39(23-19-33)49(54)55)58-44(34-10-4-1-5-11-34,35-12-6-2-7-13-35)36-14-8-3-9-15-36/h1-23,37,40-41H,24-31H2,(H,45,50)/t37-,40-,41-/m0/s1. The number of ether oxygens (including phenoxy) is 2. The highest BCUT2D eigenvalue weighted by Gasteiger charge is 2.45. The topological polar surface area (TPSA) is 157 Å². The van der Waals surface area contributed by atoms with Crippen LogP contribution < -0.4 is 5.32 Å². The van der Waals surface area contributed by atoms with Gasteiger partial charge in [0.05, 0.1) is 14.6 Å². The first-order valence-corrected chi connectivity index (χ1v) is 20.0. The molecule has 2 heterocycles. The summed E-state index contributed by atoms with van der Waals surface area (Å²) in [5.74, 6) is 0. The fraction of sp³-hybridized carbons (Fsp3) is 0.273. The quantitative estimate of drug-likeness (QED) is 0.0658. The highest BCUT2D eigenvalue weighted by Crippen LogP contribution is 2.52. The summed E-state index contributed by atoms with van der Waals surface area (Å²) < 4.78 is 10.7. The minimum atomic E-state index is -0.588. The Kier molecular flexibility index (Phi) is 12.6. The lowest BCUT2D eigenvalue weighted by Crippen LogP contribution is -2.44. The van der Waals surface area contributed by atoms with E-state index in [-0.39, 0.29) is 41.9 Å². The van der Waals surface area contributed by atoms with Gasteiger partial charge in [0.25, 0.3) is 11.4 Å². The highest BCUT2D eigenvalue weighted by molar-refractivity contribution is 8.01. The number of rotatable bonds is 14. The number of nitrogens with zero attached hydrogens (tertiary/aromatic N) is 4. The maximum Gasteiger partial charge on any atom is 0.410 e. The van der Waals surface area contributed by atoms with Gasteiger partial charge < -0.3 is 19.7 Å². The smallest absolute Gasteiger partial charge is 0.410 e. The molecular weight excluding hydrogens is 759 g/mol. The summed E-state index contributed by atoms with van der Waals surface area (Å²) in [6.07, 6.45) is 0.358. The van der Waals surface area contributed by atoms with Gasteiger partial charge in [-0.25, -0.2) is 9.59 Å². The van der Waals surface area contributed by atoms with Crippen LogP contribution in [0.4, 0.5) is 21.0 Å². The van der Waals surface area contributed by atoms with Crippen LogP contribution in [0.1, 0.15) is 40.7 Å². The van der Waals surface area contributed by atoms with Crippen molar-refractivity contribution in [2.45, 2.75) is 48.1 Å². The number of nitrogens with one attached hydrogen (secondary N) is 1. The van der Waals surface area contributed by atoms with E-state index in [1.54, 1.807) is 24.3 Å². The van der Waals surface area contributed by atoms with Crippen molar-refractivity contribution in [2.75, 3.05) is 26.2 Å². The molecule has 58 heavy (non-hydrogen) atoms. The summed E-state index contributed by atoms with van der Waals surface area (Å²) in [4.78, 5) is 52.0. The maximum atomic E-state index is 14.0. The normalized spacial score (nSPS) is 18.1. The Morgan fingerprint density at radius 2 is 1.17 bits per heavy atom. The summed E-state index contributed by atoms with van der Waals surface area (Å²) in [7, 11) is 0. The molecule has 2 amide bonds. The predicted molar refractivity (Wildman–Crippen MR) is 220 cm³/mol. The molecule has 14 heteroatoms. The lowest BCUT2D eigenvalue weighted by Gasteiger charge is -2.37. The number of hydrogen-bond acceptors (Lipinski definition) is 10. The molecule has 13 nitrogen and oxygen atoms in total. The monoisotopic (exact) mass is 801 g/mol. The molecule has 2 fully saturated rings. The van der Waals surface area contributed by atoms with Gasteiger partial charge in [0, 0.05) is 67.8 Å². The van der Waals surface area contributed by atoms with Crippen molar-refractivity contribution in [2.24, 2.45) is 0 Å². The number of thioether (sulfide) groups is 1. The molecule has 0 aromatic heterocycles. The van der Waals surface area contributed by atoms with E-state index in [9.17, 15) is 29.8 Å². The molecule has 5 aromatic carbocycles. The third-order valence-corrected chi connectivity index (χ3v) is 12.3. The second-order valence-corrected chi connectivity index (χ2v) is 15.9. The van der Waals surface area contributed by atoms with E-state index in [4.69, 9.17) is 9.47 Å². The molecule has 7 rings (SSSR count). The first kappa shape index (κ1) is 40.0. The minimum Gasteiger partial charge on any atom is -0.445 e. The van der Waals surface area contributed by atoms with Crippen LogP contribution in [0.15, 0.2) is 140 Å². The Balaban J connectivity index is 1.08. The van der Waals surface area contributed by atoms with Gasteiger partial charge in [-0.05, 0) is 64.9 Å². The van der Waals surface area contributed by atoms with Crippen molar-refractivity contribution in [3.05, 3.63) is 188 Å². The molecule has 0 unspecified atom stereocenters. The molecule has 0 radical (unpaired) electrons. The zero-order valence-corrected chi connectivity index (χ0v) is 32.4. The number of alkyl carbamates (subject to hydrolysis) is 1. The summed E-state index contributed by atoms with van der Waals surface area (Å²) in [6, 6.07) is 42.8. The van der Waals surface area contributed by atoms with Gasteiger partial charge in [-0.2, -0.15) is 0 Å². The molecule has 0 saturated carbocycles. The van der Waals surface area contributed by atoms with Gasteiger partial charge in [-0.15, -0.1) is 11.8 Å². The van der Waals surface area contributed by atoms with Crippen molar-refractivity contribution in [1.82, 2.24) is 15.1 Å². The predicted octanol–water partition coefficient (Wildman–Crippen LogP) is 8.31. The third kappa shape index (κ3) is 9.47. The summed E-state index contributed by atoms with van der Waals surface area (Å²) >= 11 is 1.84. The van der Waals surface area contributed by atoms with Gasteiger partial charge >= 0.3 is 12.2 Å². The molecule has 2 aliphatic rings. The Bertz CT molecular complexity index is 2080. The van der Waals surface area contributed by atoms with Crippen LogP contribution in [0.3, 0.4) is 0 Å². The maximum absolute atomic E-state index is 14.0. The van der Waals surface area contributed by atoms with E-state index in [1.807, 2.05) is 34.9 Å². The number of likely N-dealkylation sites (tertiary alicyclic amines) is 2. The lowest BCUT2D eigenvalue weighted by atomic mass is 9.84. The molecular formula is C44H43N5O8S. The van der Waals surface area contributed by atoms with Crippen LogP contribution in [-0.2, 0) is 27.4 Å². The number of carbonyl (C=O) groups is 2. The molecule has 0 aliphatic carbocycles. The second kappa shape index (κ2) is 18.3. The summed E-state index contributed by atoms with van der Waals surface area (Å²) in [5.41, 5.74) is 4.59. The van der Waals surface area contributed by atoms with Crippen molar-refractivity contribution in [1.29, 1.82) is 0 Å². The first-order chi connectivity index (χ1) is 28.2. The molecule has 0 spiro atoms. The lowest BCUT2D eigenvalue weighted by molar-refractivity contribution is -0.385. The van der Waals surface area contributed by atoms with Gasteiger partial charge in [-0.3, -0.25) is 25.1 Å². The summed E-state index contributed by atoms with van der Waals surface area (Å²) in [5, 5.41) is 25.1. The molecule has 1 N–H and O–H groups in total. The van der Waals surface area contributed by atoms with Crippen molar-refractivity contribution >= 4 is 35.3 Å². The number of amides is 2. The zero-order chi connectivity index (χ0) is 40.5. The molecule has 0 bridgehead atoms. The zero-order valence-electron chi connectivity index (χ0n) is 31.6. The Morgan fingerprint density at radius 1 is 0.690 bits per heavy atom. The van der Waals surface area contributed by atoms with Crippen LogP contribution in [0.5, 0.6) is 0 Å². The number of nitro groups is 2. The Morgan fingerprint density at radius 3 is 1.66 bits per heavy atom. The van der Waals surface area contributed by atoms with E-state index >= 15 is 0 Å². The van der Waals surface area contributed by atoms with Crippen LogP contribution >= 0.6 is 11.8 Å². The number of nitro benzene ring substituents is 2. The van der Waals surface area contributed by atoms with Crippen molar-refractivity contribution in [3.8, 4) is 0 Å². The van der Waals surface area contributed by atoms with Crippen molar-refractivity contribution in [3.63, 3.8) is 0 Å². The van der Waals surface area contributed by atoms with Crippen LogP contribution in [0.25, 0.3) is 0 Å². The fourth-order valence-electron chi connectivity index (χ4n) is 7.76. The molecule has 5 aromatic rings. The van der Waals surface area contributed by atoms with Crippen molar-refractivity contribution < 1.29 is 28.9 Å². The number of hydrogen-bond donors (Lipinski definition) is 1. The average molecular weight is 802 g/mol. The first-order valence-electron chi connectivity index (χ1n) is 19.1. The van der Waals surface area contributed by atoms with E-state index in [0.29, 0.717) is 50.1 Å². The van der Waals surface area contributed by atoms with Gasteiger partial charge in [0.2, 0.25) is 0 Å². The highest BCUT2D eigenvalue weighted by atomic mass is 32.2. The SMILES string of the molecule is O=C(N[C@H]1CCN(C[C@@H]2C[C@H](SC(c3ccccc3)(c3ccccc3)c3ccccc3)CN2C(=O)OCc2ccc([N+](=O)[O-])cc2)C1)OCc1ccc([N+](=O)[O-])cc1. The van der Waals surface area contributed by atoms with E-state index in [1.165, 1.54) is 24.3 Å². The van der Waals surface area contributed by atoms with Gasteiger partial charge in [-0.1, -0.05) is 91.0 Å². The molecule has 3 atom stereocenters. The number of benzene rings is 5. The van der Waals surface area contributed by atoms with Gasteiger partial charge in [0.15, 0.2) is 0 Å². The third-order valence-electron chi connectivity index (χ3n) is 10.6. The van der Waals surface area contributed by atoms with E-state index in [2.05, 4.69) is 83.0 Å². The molecule has 2 saturated heterocycles. The minimum absolute atomic E-state index is 0.00321. The largest absolute Gasteiger partial charge is 0.445 e. The molecule has 2 aliphatic heterocycles. The second-order valence-electron chi connectivity index (χ2n) is 14.4.